The lowest BCUT2D eigenvalue weighted by molar-refractivity contribution is 0.416. The van der Waals surface area contributed by atoms with Crippen molar-refractivity contribution in [2.24, 2.45) is 5.84 Å². The van der Waals surface area contributed by atoms with Gasteiger partial charge in [0.2, 0.25) is 0 Å². The third-order valence-electron chi connectivity index (χ3n) is 2.01. The molecule has 0 aliphatic rings. The second-order valence-electron chi connectivity index (χ2n) is 2.88. The minimum atomic E-state index is 0.691. The summed E-state index contributed by atoms with van der Waals surface area (Å²) in [6.07, 6.45) is 0. The van der Waals surface area contributed by atoms with E-state index in [-0.39, 0.29) is 0 Å². The number of ether oxygens (including phenoxy) is 1. The summed E-state index contributed by atoms with van der Waals surface area (Å²) in [5.74, 6) is 6.09. The molecule has 0 saturated carbocycles. The molecule has 3 N–H and O–H groups in total. The van der Waals surface area contributed by atoms with E-state index in [0.29, 0.717) is 5.13 Å². The van der Waals surface area contributed by atoms with Crippen molar-refractivity contribution in [3.63, 3.8) is 0 Å². The van der Waals surface area contributed by atoms with Crippen LogP contribution in [0.15, 0.2) is 29.6 Å². The second kappa shape index (κ2) is 4.29. The second-order valence-corrected chi connectivity index (χ2v) is 3.74. The fourth-order valence-corrected chi connectivity index (χ4v) is 1.94. The molecular weight excluding hydrogens is 210 g/mol. The van der Waals surface area contributed by atoms with E-state index in [4.69, 9.17) is 10.6 Å². The molecule has 1 aromatic carbocycles. The maximum absolute atomic E-state index is 5.28. The Kier molecular flexibility index (Phi) is 2.84. The Balaban J connectivity index is 2.44. The van der Waals surface area contributed by atoms with Gasteiger partial charge in [-0.15, -0.1) is 11.3 Å². The van der Waals surface area contributed by atoms with Crippen LogP contribution in [-0.4, -0.2) is 12.1 Å². The number of nitrogens with zero attached hydrogens (tertiary/aromatic N) is 1. The number of nitrogens with two attached hydrogens (primary N) is 1. The number of rotatable bonds is 3. The molecule has 0 spiro atoms. The standard InChI is InChI=1S/C10H11N3OS/c1-14-9-5-3-2-4-7(9)8-6-15-10(12-8)13-11/h2-6H,11H2,1H3,(H,12,13). The summed E-state index contributed by atoms with van der Waals surface area (Å²) in [6, 6.07) is 7.75. The van der Waals surface area contributed by atoms with Gasteiger partial charge in [-0.2, -0.15) is 0 Å². The highest BCUT2D eigenvalue weighted by Crippen LogP contribution is 2.31. The van der Waals surface area contributed by atoms with Crippen LogP contribution in [0.1, 0.15) is 0 Å². The Labute approximate surface area is 91.7 Å². The van der Waals surface area contributed by atoms with Gasteiger partial charge in [-0.1, -0.05) is 12.1 Å². The maximum atomic E-state index is 5.28. The van der Waals surface area contributed by atoms with E-state index in [1.165, 1.54) is 11.3 Å². The van der Waals surface area contributed by atoms with Gasteiger partial charge in [-0.3, -0.25) is 5.43 Å². The summed E-state index contributed by atoms with van der Waals surface area (Å²) in [4.78, 5) is 4.31. The van der Waals surface area contributed by atoms with Crippen molar-refractivity contribution in [2.45, 2.75) is 0 Å². The molecule has 1 heterocycles. The van der Waals surface area contributed by atoms with Crippen LogP contribution in [0.25, 0.3) is 11.3 Å². The number of aromatic nitrogens is 1. The van der Waals surface area contributed by atoms with Crippen molar-refractivity contribution < 1.29 is 4.74 Å². The lowest BCUT2D eigenvalue weighted by Gasteiger charge is -2.04. The molecule has 15 heavy (non-hydrogen) atoms. The van der Waals surface area contributed by atoms with Crippen LogP contribution in [0.2, 0.25) is 0 Å². The fraction of sp³-hybridized carbons (Fsp3) is 0.100. The Morgan fingerprint density at radius 1 is 1.40 bits per heavy atom. The van der Waals surface area contributed by atoms with Crippen molar-refractivity contribution in [1.82, 2.24) is 4.98 Å². The zero-order chi connectivity index (χ0) is 10.7. The Bertz CT molecular complexity index is 455. The molecule has 0 atom stereocenters. The first-order valence-corrected chi connectivity index (χ1v) is 5.28. The number of hydrazine groups is 1. The summed E-state index contributed by atoms with van der Waals surface area (Å²) in [6.45, 7) is 0. The van der Waals surface area contributed by atoms with Crippen LogP contribution in [-0.2, 0) is 0 Å². The molecule has 0 saturated heterocycles. The van der Waals surface area contributed by atoms with Crippen LogP contribution in [0.4, 0.5) is 5.13 Å². The van der Waals surface area contributed by atoms with Crippen LogP contribution >= 0.6 is 11.3 Å². The highest BCUT2D eigenvalue weighted by Gasteiger charge is 2.08. The highest BCUT2D eigenvalue weighted by atomic mass is 32.1. The first kappa shape index (κ1) is 9.95. The molecule has 0 radical (unpaired) electrons. The molecule has 0 bridgehead atoms. The average molecular weight is 221 g/mol. The van der Waals surface area contributed by atoms with Gasteiger partial charge in [0, 0.05) is 10.9 Å². The Morgan fingerprint density at radius 3 is 2.87 bits per heavy atom. The van der Waals surface area contributed by atoms with Crippen LogP contribution in [0.3, 0.4) is 0 Å². The number of anilines is 1. The third-order valence-corrected chi connectivity index (χ3v) is 2.78. The number of para-hydroxylation sites is 1. The van der Waals surface area contributed by atoms with Crippen molar-refractivity contribution in [2.75, 3.05) is 12.5 Å². The van der Waals surface area contributed by atoms with Crippen molar-refractivity contribution >= 4 is 16.5 Å². The average Bonchev–Trinajstić information content (AvgIpc) is 2.77. The maximum Gasteiger partial charge on any atom is 0.197 e. The Hall–Kier alpha value is -1.59. The zero-order valence-electron chi connectivity index (χ0n) is 8.23. The fourth-order valence-electron chi connectivity index (χ4n) is 1.32. The third kappa shape index (κ3) is 1.93. The van der Waals surface area contributed by atoms with E-state index in [2.05, 4.69) is 10.4 Å². The van der Waals surface area contributed by atoms with E-state index in [9.17, 15) is 0 Å². The van der Waals surface area contributed by atoms with E-state index in [0.717, 1.165) is 17.0 Å². The van der Waals surface area contributed by atoms with E-state index < -0.39 is 0 Å². The summed E-state index contributed by atoms with van der Waals surface area (Å²) >= 11 is 1.46. The largest absolute Gasteiger partial charge is 0.496 e. The molecule has 2 aromatic rings. The number of methoxy groups -OCH3 is 1. The Morgan fingerprint density at radius 2 is 2.20 bits per heavy atom. The SMILES string of the molecule is COc1ccccc1-c1csc(NN)n1. The summed E-state index contributed by atoms with van der Waals surface area (Å²) in [5, 5.41) is 2.63. The minimum Gasteiger partial charge on any atom is -0.496 e. The van der Waals surface area contributed by atoms with E-state index in [1.54, 1.807) is 7.11 Å². The molecule has 4 nitrogen and oxygen atoms in total. The summed E-state index contributed by atoms with van der Waals surface area (Å²) < 4.78 is 5.26. The number of benzene rings is 1. The molecule has 0 aliphatic heterocycles. The quantitative estimate of drug-likeness (QED) is 0.615. The van der Waals surface area contributed by atoms with Gasteiger partial charge in [-0.25, -0.2) is 10.8 Å². The van der Waals surface area contributed by atoms with Crippen molar-refractivity contribution in [1.29, 1.82) is 0 Å². The monoisotopic (exact) mass is 221 g/mol. The normalized spacial score (nSPS) is 10.0. The molecule has 0 aliphatic carbocycles. The molecule has 2 rings (SSSR count). The molecule has 1 aromatic heterocycles. The van der Waals surface area contributed by atoms with Gasteiger partial charge >= 0.3 is 0 Å². The molecule has 5 heteroatoms. The van der Waals surface area contributed by atoms with Gasteiger partial charge in [-0.05, 0) is 12.1 Å². The van der Waals surface area contributed by atoms with Crippen molar-refractivity contribution in [3.8, 4) is 17.0 Å². The highest BCUT2D eigenvalue weighted by molar-refractivity contribution is 7.14. The molecule has 78 valence electrons. The lowest BCUT2D eigenvalue weighted by Crippen LogP contribution is -2.05. The first-order valence-electron chi connectivity index (χ1n) is 4.40. The smallest absolute Gasteiger partial charge is 0.197 e. The molecule has 0 fully saturated rings. The topological polar surface area (TPSA) is 60.2 Å². The number of hydrogen-bond donors (Lipinski definition) is 2. The first-order chi connectivity index (χ1) is 7.35. The zero-order valence-corrected chi connectivity index (χ0v) is 9.04. The van der Waals surface area contributed by atoms with E-state index >= 15 is 0 Å². The summed E-state index contributed by atoms with van der Waals surface area (Å²) in [5.41, 5.74) is 4.36. The van der Waals surface area contributed by atoms with Crippen molar-refractivity contribution in [3.05, 3.63) is 29.6 Å². The predicted molar refractivity (Wildman–Crippen MR) is 61.9 cm³/mol. The number of nitrogens with one attached hydrogen (secondary N) is 1. The van der Waals surface area contributed by atoms with Gasteiger partial charge in [0.05, 0.1) is 12.8 Å². The molecule has 0 unspecified atom stereocenters. The van der Waals surface area contributed by atoms with Gasteiger partial charge < -0.3 is 4.74 Å². The van der Waals surface area contributed by atoms with Crippen LogP contribution < -0.4 is 16.0 Å². The summed E-state index contributed by atoms with van der Waals surface area (Å²) in [7, 11) is 1.65. The van der Waals surface area contributed by atoms with Crippen LogP contribution in [0.5, 0.6) is 5.75 Å². The van der Waals surface area contributed by atoms with E-state index in [1.807, 2.05) is 29.6 Å². The van der Waals surface area contributed by atoms with Gasteiger partial charge in [0.25, 0.3) is 0 Å². The number of nitrogen functional groups attached to an aromatic ring is 1. The number of thiazole rings is 1. The number of hydrogen-bond acceptors (Lipinski definition) is 5. The lowest BCUT2D eigenvalue weighted by atomic mass is 10.1. The van der Waals surface area contributed by atoms with Gasteiger partial charge in [0.1, 0.15) is 5.75 Å². The van der Waals surface area contributed by atoms with Gasteiger partial charge in [0.15, 0.2) is 5.13 Å². The minimum absolute atomic E-state index is 0.691. The molecular formula is C10H11N3OS. The molecule has 0 amide bonds. The van der Waals surface area contributed by atoms with Crippen LogP contribution in [0, 0.1) is 0 Å². The predicted octanol–water partition coefficient (Wildman–Crippen LogP) is 2.10.